The minimum Gasteiger partial charge on any atom is -0.261 e. The lowest BCUT2D eigenvalue weighted by atomic mass is 9.78. The second-order valence-electron chi connectivity index (χ2n) is 4.92. The summed E-state index contributed by atoms with van der Waals surface area (Å²) in [6, 6.07) is 6.19. The summed E-state index contributed by atoms with van der Waals surface area (Å²) in [4.78, 5) is 5.01. The Morgan fingerprint density at radius 2 is 2.12 bits per heavy atom. The van der Waals surface area contributed by atoms with Crippen molar-refractivity contribution in [2.24, 2.45) is 5.41 Å². The quantitative estimate of drug-likeness (QED) is 0.748. The van der Waals surface area contributed by atoms with Gasteiger partial charge in [0.1, 0.15) is 0 Å². The molecule has 1 aromatic heterocycles. The van der Waals surface area contributed by atoms with E-state index in [4.69, 9.17) is 0 Å². The average molecular weight is 282 g/mol. The van der Waals surface area contributed by atoms with Crippen LogP contribution in [0.1, 0.15) is 44.7 Å². The minimum atomic E-state index is 0.525. The smallest absolute Gasteiger partial charge is 0.0414 e. The third-order valence-corrected chi connectivity index (χ3v) is 5.38. The lowest BCUT2D eigenvalue weighted by Crippen LogP contribution is -2.29. The topological polar surface area (TPSA) is 12.9 Å². The van der Waals surface area contributed by atoms with E-state index in [0.717, 1.165) is 6.42 Å². The second kappa shape index (κ2) is 5.31. The van der Waals surface area contributed by atoms with E-state index in [1.165, 1.54) is 37.8 Å². The number of pyridine rings is 1. The van der Waals surface area contributed by atoms with Gasteiger partial charge in [0, 0.05) is 23.1 Å². The summed E-state index contributed by atoms with van der Waals surface area (Å²) in [6.07, 6.45) is 9.81. The van der Waals surface area contributed by atoms with E-state index in [0.29, 0.717) is 10.2 Å². The standard InChI is InChI=1S/C14H20BrN/c1-2-14(8-4-5-9-14)13(15)11-12-7-3-6-10-16-12/h3,6-7,10,13H,2,4-5,8-9,11H2,1H3. The lowest BCUT2D eigenvalue weighted by Gasteiger charge is -2.33. The number of alkyl halides is 1. The third kappa shape index (κ3) is 2.48. The number of nitrogens with zero attached hydrogens (tertiary/aromatic N) is 1. The molecule has 0 saturated heterocycles. The van der Waals surface area contributed by atoms with Gasteiger partial charge in [-0.05, 0) is 36.8 Å². The molecular weight excluding hydrogens is 262 g/mol. The first-order chi connectivity index (χ1) is 7.77. The SMILES string of the molecule is CCC1(C(Br)Cc2ccccn2)CCCC1. The van der Waals surface area contributed by atoms with Gasteiger partial charge in [0.05, 0.1) is 0 Å². The fourth-order valence-electron chi connectivity index (χ4n) is 2.89. The van der Waals surface area contributed by atoms with Crippen LogP contribution in [0, 0.1) is 5.41 Å². The van der Waals surface area contributed by atoms with Crippen molar-refractivity contribution in [3.05, 3.63) is 30.1 Å². The van der Waals surface area contributed by atoms with Gasteiger partial charge in [-0.1, -0.05) is 41.8 Å². The van der Waals surface area contributed by atoms with Gasteiger partial charge in [0.2, 0.25) is 0 Å². The Balaban J connectivity index is 2.04. The highest BCUT2D eigenvalue weighted by Crippen LogP contribution is 2.47. The van der Waals surface area contributed by atoms with Crippen LogP contribution in [0.2, 0.25) is 0 Å². The Morgan fingerprint density at radius 3 is 2.69 bits per heavy atom. The van der Waals surface area contributed by atoms with Crippen molar-refractivity contribution in [2.75, 3.05) is 0 Å². The summed E-state index contributed by atoms with van der Waals surface area (Å²) in [7, 11) is 0. The number of halogens is 1. The molecule has 0 bridgehead atoms. The van der Waals surface area contributed by atoms with Crippen LogP contribution in [0.5, 0.6) is 0 Å². The Hall–Kier alpha value is -0.370. The third-order valence-electron chi connectivity index (χ3n) is 4.08. The molecule has 1 aromatic rings. The van der Waals surface area contributed by atoms with E-state index < -0.39 is 0 Å². The zero-order chi connectivity index (χ0) is 11.4. The second-order valence-corrected chi connectivity index (χ2v) is 6.02. The van der Waals surface area contributed by atoms with Crippen molar-refractivity contribution in [2.45, 2.75) is 50.3 Å². The maximum Gasteiger partial charge on any atom is 0.0414 e. The van der Waals surface area contributed by atoms with Gasteiger partial charge in [0.25, 0.3) is 0 Å². The first-order valence-electron chi connectivity index (χ1n) is 6.31. The molecule has 0 amide bonds. The van der Waals surface area contributed by atoms with E-state index in [9.17, 15) is 0 Å². The molecule has 1 unspecified atom stereocenters. The van der Waals surface area contributed by atoms with E-state index in [2.05, 4.69) is 40.0 Å². The number of aromatic nitrogens is 1. The van der Waals surface area contributed by atoms with Crippen molar-refractivity contribution in [3.63, 3.8) is 0 Å². The average Bonchev–Trinajstić information content (AvgIpc) is 2.80. The van der Waals surface area contributed by atoms with Crippen molar-refractivity contribution < 1.29 is 0 Å². The Labute approximate surface area is 107 Å². The van der Waals surface area contributed by atoms with Gasteiger partial charge in [-0.25, -0.2) is 0 Å². The number of hydrogen-bond acceptors (Lipinski definition) is 1. The summed E-state index contributed by atoms with van der Waals surface area (Å²) in [5.74, 6) is 0. The van der Waals surface area contributed by atoms with Crippen molar-refractivity contribution in [3.8, 4) is 0 Å². The molecule has 88 valence electrons. The fraction of sp³-hybridized carbons (Fsp3) is 0.643. The summed E-state index contributed by atoms with van der Waals surface area (Å²) >= 11 is 3.92. The van der Waals surface area contributed by atoms with Gasteiger partial charge in [-0.2, -0.15) is 0 Å². The molecule has 1 atom stereocenters. The molecule has 1 heterocycles. The number of hydrogen-bond donors (Lipinski definition) is 0. The van der Waals surface area contributed by atoms with Crippen LogP contribution in [-0.4, -0.2) is 9.81 Å². The van der Waals surface area contributed by atoms with Crippen LogP contribution in [0.3, 0.4) is 0 Å². The van der Waals surface area contributed by atoms with Crippen molar-refractivity contribution >= 4 is 15.9 Å². The Bertz CT molecular complexity index is 317. The van der Waals surface area contributed by atoms with Gasteiger partial charge < -0.3 is 0 Å². The van der Waals surface area contributed by atoms with Crippen molar-refractivity contribution in [1.29, 1.82) is 0 Å². The highest BCUT2D eigenvalue weighted by molar-refractivity contribution is 9.09. The molecule has 0 radical (unpaired) electrons. The van der Waals surface area contributed by atoms with Crippen LogP contribution >= 0.6 is 15.9 Å². The molecule has 0 aliphatic heterocycles. The van der Waals surface area contributed by atoms with Crippen molar-refractivity contribution in [1.82, 2.24) is 4.98 Å². The van der Waals surface area contributed by atoms with Gasteiger partial charge in [0.15, 0.2) is 0 Å². The maximum absolute atomic E-state index is 4.43. The van der Waals surface area contributed by atoms with E-state index in [1.54, 1.807) is 0 Å². The summed E-state index contributed by atoms with van der Waals surface area (Å²) in [6.45, 7) is 2.33. The Kier molecular flexibility index (Phi) is 4.01. The van der Waals surface area contributed by atoms with Crippen LogP contribution in [0.15, 0.2) is 24.4 Å². The minimum absolute atomic E-state index is 0.525. The van der Waals surface area contributed by atoms with Crippen LogP contribution in [0.25, 0.3) is 0 Å². The Morgan fingerprint density at radius 1 is 1.38 bits per heavy atom. The summed E-state index contributed by atoms with van der Waals surface area (Å²) in [5, 5.41) is 0. The highest BCUT2D eigenvalue weighted by Gasteiger charge is 2.38. The largest absolute Gasteiger partial charge is 0.261 e. The maximum atomic E-state index is 4.43. The van der Waals surface area contributed by atoms with Crippen LogP contribution in [-0.2, 0) is 6.42 Å². The predicted molar refractivity (Wildman–Crippen MR) is 71.8 cm³/mol. The molecule has 1 saturated carbocycles. The zero-order valence-electron chi connectivity index (χ0n) is 9.95. The molecule has 0 N–H and O–H groups in total. The molecule has 16 heavy (non-hydrogen) atoms. The lowest BCUT2D eigenvalue weighted by molar-refractivity contribution is 0.274. The van der Waals surface area contributed by atoms with E-state index in [-0.39, 0.29) is 0 Å². The van der Waals surface area contributed by atoms with Crippen LogP contribution < -0.4 is 0 Å². The fourth-order valence-corrected chi connectivity index (χ4v) is 4.00. The summed E-state index contributed by atoms with van der Waals surface area (Å²) in [5.41, 5.74) is 1.74. The molecule has 1 fully saturated rings. The predicted octanol–water partition coefficient (Wildman–Crippen LogP) is 4.36. The molecule has 1 aliphatic rings. The molecule has 2 heteroatoms. The van der Waals surface area contributed by atoms with Crippen LogP contribution in [0.4, 0.5) is 0 Å². The molecular formula is C14H20BrN. The summed E-state index contributed by atoms with van der Waals surface area (Å²) < 4.78 is 0. The van der Waals surface area contributed by atoms with Gasteiger partial charge in [-0.15, -0.1) is 0 Å². The van der Waals surface area contributed by atoms with Gasteiger partial charge >= 0.3 is 0 Å². The monoisotopic (exact) mass is 281 g/mol. The highest BCUT2D eigenvalue weighted by atomic mass is 79.9. The first-order valence-corrected chi connectivity index (χ1v) is 7.22. The normalized spacial score (nSPS) is 20.9. The molecule has 1 aliphatic carbocycles. The number of rotatable bonds is 4. The molecule has 2 rings (SSSR count). The molecule has 1 nitrogen and oxygen atoms in total. The first kappa shape index (κ1) is 12.1. The van der Waals surface area contributed by atoms with E-state index in [1.807, 2.05) is 12.3 Å². The van der Waals surface area contributed by atoms with E-state index >= 15 is 0 Å². The molecule has 0 spiro atoms. The van der Waals surface area contributed by atoms with Gasteiger partial charge in [-0.3, -0.25) is 4.98 Å². The molecule has 0 aromatic carbocycles. The zero-order valence-corrected chi connectivity index (χ0v) is 11.5.